The molecule has 1 atom stereocenters. The van der Waals surface area contributed by atoms with Gasteiger partial charge in [0.25, 0.3) is 0 Å². The lowest BCUT2D eigenvalue weighted by Gasteiger charge is -2.39. The summed E-state index contributed by atoms with van der Waals surface area (Å²) in [5.41, 5.74) is 7.25. The van der Waals surface area contributed by atoms with E-state index in [1.807, 2.05) is 9.80 Å². The van der Waals surface area contributed by atoms with E-state index in [0.717, 1.165) is 6.42 Å². The number of piperazine rings is 1. The van der Waals surface area contributed by atoms with E-state index >= 15 is 0 Å². The molecule has 106 valence electrons. The number of rotatable bonds is 2. The van der Waals surface area contributed by atoms with Crippen LogP contribution in [0.1, 0.15) is 23.2 Å². The van der Waals surface area contributed by atoms with Crippen molar-refractivity contribution in [2.45, 2.75) is 18.9 Å². The monoisotopic (exact) mass is 275 g/mol. The predicted octanol–water partition coefficient (Wildman–Crippen LogP) is 0.778. The van der Waals surface area contributed by atoms with Gasteiger partial charge >= 0.3 is 5.97 Å². The Labute approximate surface area is 116 Å². The fourth-order valence-corrected chi connectivity index (χ4v) is 3.15. The van der Waals surface area contributed by atoms with Gasteiger partial charge in [0.05, 0.1) is 16.9 Å². The number of fused-ring (bicyclic) bond motifs is 1. The number of para-hydroxylation sites is 1. The van der Waals surface area contributed by atoms with E-state index in [-0.39, 0.29) is 17.5 Å². The van der Waals surface area contributed by atoms with Crippen molar-refractivity contribution >= 4 is 23.3 Å². The molecule has 2 aliphatic heterocycles. The second kappa shape index (κ2) is 4.70. The maximum atomic E-state index is 11.7. The van der Waals surface area contributed by atoms with Gasteiger partial charge in [-0.2, -0.15) is 0 Å². The summed E-state index contributed by atoms with van der Waals surface area (Å²) in [6.07, 6.45) is 1.43. The smallest absolute Gasteiger partial charge is 0.337 e. The Hall–Kier alpha value is -2.24. The summed E-state index contributed by atoms with van der Waals surface area (Å²) in [4.78, 5) is 26.9. The van der Waals surface area contributed by atoms with Crippen LogP contribution in [0.15, 0.2) is 18.2 Å². The lowest BCUT2D eigenvalue weighted by molar-refractivity contribution is -0.129. The molecule has 6 nitrogen and oxygen atoms in total. The van der Waals surface area contributed by atoms with E-state index in [9.17, 15) is 14.7 Å². The first-order valence-corrected chi connectivity index (χ1v) is 6.74. The number of carboxylic acids is 1. The van der Waals surface area contributed by atoms with Crippen molar-refractivity contribution < 1.29 is 14.7 Å². The molecule has 1 amide bonds. The van der Waals surface area contributed by atoms with Crippen molar-refractivity contribution in [3.8, 4) is 0 Å². The van der Waals surface area contributed by atoms with Gasteiger partial charge in [-0.25, -0.2) is 4.79 Å². The zero-order valence-corrected chi connectivity index (χ0v) is 11.1. The number of carbonyl (C=O) groups excluding carboxylic acids is 1. The summed E-state index contributed by atoms with van der Waals surface area (Å²) in [6, 6.07) is 5.11. The van der Waals surface area contributed by atoms with Gasteiger partial charge in [-0.3, -0.25) is 4.79 Å². The van der Waals surface area contributed by atoms with Crippen LogP contribution in [0, 0.1) is 0 Å². The third-order valence-electron chi connectivity index (χ3n) is 4.11. The number of carboxylic acid groups (broad SMARTS) is 1. The average Bonchev–Trinajstić information content (AvgIpc) is 2.79. The topological polar surface area (TPSA) is 86.9 Å². The van der Waals surface area contributed by atoms with Gasteiger partial charge in [-0.1, -0.05) is 6.07 Å². The van der Waals surface area contributed by atoms with Crippen molar-refractivity contribution in [1.29, 1.82) is 0 Å². The summed E-state index contributed by atoms with van der Waals surface area (Å²) in [5.74, 6) is -0.772. The Bertz CT molecular complexity index is 573. The Balaban J connectivity index is 1.91. The van der Waals surface area contributed by atoms with E-state index in [0.29, 0.717) is 37.4 Å². The third-order valence-corrected chi connectivity index (χ3v) is 4.11. The van der Waals surface area contributed by atoms with E-state index in [2.05, 4.69) is 0 Å². The number of nitrogen functional groups attached to an aromatic ring is 1. The molecule has 0 aromatic heterocycles. The number of benzene rings is 1. The number of anilines is 2. The highest BCUT2D eigenvalue weighted by Gasteiger charge is 2.36. The number of nitrogens with zero attached hydrogens (tertiary/aromatic N) is 2. The first-order valence-electron chi connectivity index (χ1n) is 6.74. The molecule has 1 unspecified atom stereocenters. The number of nitrogens with two attached hydrogens (primary N) is 1. The van der Waals surface area contributed by atoms with Crippen molar-refractivity contribution in [1.82, 2.24) is 4.90 Å². The van der Waals surface area contributed by atoms with Crippen molar-refractivity contribution in [3.05, 3.63) is 23.8 Å². The van der Waals surface area contributed by atoms with Gasteiger partial charge < -0.3 is 20.6 Å². The van der Waals surface area contributed by atoms with Gasteiger partial charge in [0.1, 0.15) is 0 Å². The van der Waals surface area contributed by atoms with Crippen LogP contribution in [0.4, 0.5) is 11.4 Å². The fraction of sp³-hybridized carbons (Fsp3) is 0.429. The zero-order valence-electron chi connectivity index (χ0n) is 11.1. The van der Waals surface area contributed by atoms with Crippen LogP contribution in [-0.4, -0.2) is 47.6 Å². The predicted molar refractivity (Wildman–Crippen MR) is 74.8 cm³/mol. The number of carbonyl (C=O) groups is 2. The summed E-state index contributed by atoms with van der Waals surface area (Å²) in [6.45, 7) is 1.91. The largest absolute Gasteiger partial charge is 0.478 e. The summed E-state index contributed by atoms with van der Waals surface area (Å²) >= 11 is 0. The van der Waals surface area contributed by atoms with E-state index in [1.54, 1.807) is 18.2 Å². The van der Waals surface area contributed by atoms with E-state index in [4.69, 9.17) is 5.73 Å². The SMILES string of the molecule is Nc1cccc(C(=O)O)c1N1CCN2C(=O)CCC2C1. The second-order valence-electron chi connectivity index (χ2n) is 5.27. The molecule has 20 heavy (non-hydrogen) atoms. The lowest BCUT2D eigenvalue weighted by atomic mass is 10.1. The highest BCUT2D eigenvalue weighted by molar-refractivity contribution is 5.98. The molecule has 0 bridgehead atoms. The summed E-state index contributed by atoms with van der Waals surface area (Å²) in [5, 5.41) is 9.30. The molecule has 1 aromatic rings. The molecule has 2 aliphatic rings. The third kappa shape index (κ3) is 1.97. The molecule has 3 rings (SSSR count). The maximum absolute atomic E-state index is 11.7. The first kappa shape index (κ1) is 12.8. The average molecular weight is 275 g/mol. The highest BCUT2D eigenvalue weighted by Crippen LogP contribution is 2.32. The minimum Gasteiger partial charge on any atom is -0.478 e. The molecule has 3 N–H and O–H groups in total. The molecular formula is C14H17N3O3. The molecule has 0 radical (unpaired) electrons. The van der Waals surface area contributed by atoms with Crippen LogP contribution in [-0.2, 0) is 4.79 Å². The molecule has 2 saturated heterocycles. The van der Waals surface area contributed by atoms with Gasteiger partial charge in [0, 0.05) is 32.1 Å². The Kier molecular flexibility index (Phi) is 3.00. The van der Waals surface area contributed by atoms with Crippen LogP contribution in [0.3, 0.4) is 0 Å². The minimum absolute atomic E-state index is 0.178. The van der Waals surface area contributed by atoms with Gasteiger partial charge in [0.2, 0.25) is 5.91 Å². The van der Waals surface area contributed by atoms with Crippen molar-refractivity contribution in [2.24, 2.45) is 0 Å². The summed E-state index contributed by atoms with van der Waals surface area (Å²) < 4.78 is 0. The van der Waals surface area contributed by atoms with Gasteiger partial charge in [-0.15, -0.1) is 0 Å². The summed E-state index contributed by atoms with van der Waals surface area (Å²) in [7, 11) is 0. The minimum atomic E-state index is -0.975. The van der Waals surface area contributed by atoms with Crippen LogP contribution >= 0.6 is 0 Å². The van der Waals surface area contributed by atoms with Crippen molar-refractivity contribution in [2.75, 3.05) is 30.3 Å². The Morgan fingerprint density at radius 1 is 1.35 bits per heavy atom. The zero-order chi connectivity index (χ0) is 14.3. The quantitative estimate of drug-likeness (QED) is 0.779. The standard InChI is InChI=1S/C14H17N3O3/c15-11-3-1-2-10(14(19)20)13(11)16-6-7-17-9(8-16)4-5-12(17)18/h1-3,9H,4-8,15H2,(H,19,20). The van der Waals surface area contributed by atoms with E-state index < -0.39 is 5.97 Å². The van der Waals surface area contributed by atoms with Crippen LogP contribution < -0.4 is 10.6 Å². The van der Waals surface area contributed by atoms with Crippen LogP contribution in [0.2, 0.25) is 0 Å². The Morgan fingerprint density at radius 2 is 2.15 bits per heavy atom. The number of amides is 1. The molecule has 0 saturated carbocycles. The number of aromatic carboxylic acids is 1. The highest BCUT2D eigenvalue weighted by atomic mass is 16.4. The molecule has 0 aliphatic carbocycles. The van der Waals surface area contributed by atoms with Crippen LogP contribution in [0.5, 0.6) is 0 Å². The molecule has 0 spiro atoms. The van der Waals surface area contributed by atoms with Crippen molar-refractivity contribution in [3.63, 3.8) is 0 Å². The molecular weight excluding hydrogens is 258 g/mol. The number of hydrogen-bond donors (Lipinski definition) is 2. The second-order valence-corrected chi connectivity index (χ2v) is 5.27. The fourth-order valence-electron chi connectivity index (χ4n) is 3.15. The van der Waals surface area contributed by atoms with Gasteiger partial charge in [0.15, 0.2) is 0 Å². The molecule has 6 heteroatoms. The van der Waals surface area contributed by atoms with Gasteiger partial charge in [-0.05, 0) is 18.6 Å². The Morgan fingerprint density at radius 3 is 2.90 bits per heavy atom. The lowest BCUT2D eigenvalue weighted by Crippen LogP contribution is -2.52. The van der Waals surface area contributed by atoms with Crippen LogP contribution in [0.25, 0.3) is 0 Å². The first-order chi connectivity index (χ1) is 9.58. The normalized spacial score (nSPS) is 22.0. The molecule has 2 fully saturated rings. The number of hydrogen-bond acceptors (Lipinski definition) is 4. The maximum Gasteiger partial charge on any atom is 0.337 e. The van der Waals surface area contributed by atoms with E-state index in [1.165, 1.54) is 0 Å². The molecule has 1 aromatic carbocycles. The molecule has 2 heterocycles.